The van der Waals surface area contributed by atoms with E-state index in [0.29, 0.717) is 17.5 Å². The lowest BCUT2D eigenvalue weighted by atomic mass is 9.88. The summed E-state index contributed by atoms with van der Waals surface area (Å²) in [5, 5.41) is 2.31. The van der Waals surface area contributed by atoms with E-state index in [0.717, 1.165) is 77.7 Å². The Kier molecular flexibility index (Phi) is 8.08. The predicted molar refractivity (Wildman–Crippen MR) is 225 cm³/mol. The summed E-state index contributed by atoms with van der Waals surface area (Å²) in [5.74, 6) is 2.47. The van der Waals surface area contributed by atoms with E-state index in [4.69, 9.17) is 19.9 Å². The number of para-hydroxylation sites is 2. The molecule has 0 atom stereocenters. The Morgan fingerprint density at radius 1 is 0.327 bits per heavy atom. The summed E-state index contributed by atoms with van der Waals surface area (Å²) in [6.45, 7) is 0. The standard InChI is InChI=1S/C50H33N5/c1-5-18-34(19-6-1)39-28-17-29-40(35-20-7-2-8-21-35)46(39)38-32-43(50(51-33-38)55-44-30-15-13-26-41(44)42-27-14-16-31-45(42)55)49-53-47(36-22-9-3-10-23-36)52-48(54-49)37-24-11-4-12-25-37/h1-33H. The van der Waals surface area contributed by atoms with Gasteiger partial charge in [-0.2, -0.15) is 0 Å². The number of benzene rings is 7. The SMILES string of the molecule is c1ccc(-c2nc(-c3ccccc3)nc(-c3cc(-c4c(-c5ccccc5)cccc4-c4ccccc4)cnc3-n3c4ccccc4c4ccccc43)n2)cc1. The minimum Gasteiger partial charge on any atom is -0.293 e. The van der Waals surface area contributed by atoms with Gasteiger partial charge in [0.25, 0.3) is 0 Å². The van der Waals surface area contributed by atoms with Gasteiger partial charge in [-0.1, -0.05) is 176 Å². The normalized spacial score (nSPS) is 11.3. The van der Waals surface area contributed by atoms with Gasteiger partial charge < -0.3 is 0 Å². The third kappa shape index (κ3) is 5.85. The maximum absolute atomic E-state index is 5.41. The van der Waals surface area contributed by atoms with Gasteiger partial charge in [0.15, 0.2) is 17.5 Å². The van der Waals surface area contributed by atoms with E-state index in [2.05, 4.69) is 138 Å². The Labute approximate surface area is 318 Å². The van der Waals surface area contributed by atoms with Gasteiger partial charge in [-0.05, 0) is 46.0 Å². The molecule has 0 spiro atoms. The van der Waals surface area contributed by atoms with Crippen LogP contribution in [0, 0.1) is 0 Å². The molecule has 0 amide bonds. The van der Waals surface area contributed by atoms with Crippen molar-refractivity contribution in [1.82, 2.24) is 24.5 Å². The molecule has 10 rings (SSSR count). The van der Waals surface area contributed by atoms with Gasteiger partial charge in [-0.3, -0.25) is 4.57 Å². The number of fused-ring (bicyclic) bond motifs is 3. The van der Waals surface area contributed by atoms with Gasteiger partial charge >= 0.3 is 0 Å². The molecule has 0 unspecified atom stereocenters. The molecule has 258 valence electrons. The first-order chi connectivity index (χ1) is 27.3. The van der Waals surface area contributed by atoms with Gasteiger partial charge in [-0.25, -0.2) is 19.9 Å². The number of hydrogen-bond donors (Lipinski definition) is 0. The van der Waals surface area contributed by atoms with Crippen LogP contribution in [0.1, 0.15) is 0 Å². The second-order valence-corrected chi connectivity index (χ2v) is 13.5. The Morgan fingerprint density at radius 3 is 1.24 bits per heavy atom. The monoisotopic (exact) mass is 703 g/mol. The molecule has 7 aromatic carbocycles. The molecule has 0 saturated heterocycles. The van der Waals surface area contributed by atoms with E-state index >= 15 is 0 Å². The van der Waals surface area contributed by atoms with Gasteiger partial charge in [-0.15, -0.1) is 0 Å². The van der Waals surface area contributed by atoms with E-state index in [9.17, 15) is 0 Å². The van der Waals surface area contributed by atoms with Crippen molar-refractivity contribution in [3.63, 3.8) is 0 Å². The molecular formula is C50H33N5. The van der Waals surface area contributed by atoms with Crippen LogP contribution in [-0.2, 0) is 0 Å². The van der Waals surface area contributed by atoms with Crippen molar-refractivity contribution in [3.8, 4) is 73.4 Å². The van der Waals surface area contributed by atoms with Crippen LogP contribution in [0.4, 0.5) is 0 Å². The highest BCUT2D eigenvalue weighted by Crippen LogP contribution is 2.43. The lowest BCUT2D eigenvalue weighted by molar-refractivity contribution is 1.04. The molecule has 0 radical (unpaired) electrons. The van der Waals surface area contributed by atoms with Crippen LogP contribution in [0.5, 0.6) is 0 Å². The molecule has 0 saturated carbocycles. The molecule has 0 aliphatic rings. The fraction of sp³-hybridized carbons (Fsp3) is 0. The highest BCUT2D eigenvalue weighted by atomic mass is 15.1. The van der Waals surface area contributed by atoms with Gasteiger partial charge in [0.1, 0.15) is 5.82 Å². The van der Waals surface area contributed by atoms with Crippen LogP contribution in [0.25, 0.3) is 95.2 Å². The molecule has 5 nitrogen and oxygen atoms in total. The first-order valence-corrected chi connectivity index (χ1v) is 18.4. The molecule has 3 heterocycles. The lowest BCUT2D eigenvalue weighted by Crippen LogP contribution is -2.06. The van der Waals surface area contributed by atoms with E-state index in [1.54, 1.807) is 0 Å². The van der Waals surface area contributed by atoms with Gasteiger partial charge in [0.05, 0.1) is 16.6 Å². The minimum absolute atomic E-state index is 0.539. The van der Waals surface area contributed by atoms with E-state index in [-0.39, 0.29) is 0 Å². The Morgan fingerprint density at radius 2 is 0.745 bits per heavy atom. The average molecular weight is 704 g/mol. The van der Waals surface area contributed by atoms with E-state index in [1.807, 2.05) is 66.9 Å². The summed E-state index contributed by atoms with van der Waals surface area (Å²) in [7, 11) is 0. The van der Waals surface area contributed by atoms with Crippen molar-refractivity contribution in [2.75, 3.05) is 0 Å². The van der Waals surface area contributed by atoms with Crippen molar-refractivity contribution in [1.29, 1.82) is 0 Å². The Balaban J connectivity index is 1.31. The summed E-state index contributed by atoms with van der Waals surface area (Å²) < 4.78 is 2.25. The number of pyridine rings is 1. The highest BCUT2D eigenvalue weighted by Gasteiger charge is 2.23. The molecule has 0 aliphatic heterocycles. The fourth-order valence-electron chi connectivity index (χ4n) is 7.60. The molecule has 0 bridgehead atoms. The summed E-state index contributed by atoms with van der Waals surface area (Å²) in [6.07, 6.45) is 2.01. The number of nitrogens with zero attached hydrogens (tertiary/aromatic N) is 5. The smallest absolute Gasteiger partial charge is 0.167 e. The zero-order valence-corrected chi connectivity index (χ0v) is 29.8. The minimum atomic E-state index is 0.539. The fourth-order valence-corrected chi connectivity index (χ4v) is 7.60. The maximum atomic E-state index is 5.41. The molecule has 3 aromatic heterocycles. The second kappa shape index (κ2) is 13.8. The molecule has 0 N–H and O–H groups in total. The Hall–Kier alpha value is -7.50. The topological polar surface area (TPSA) is 56.5 Å². The van der Waals surface area contributed by atoms with Crippen LogP contribution in [0.2, 0.25) is 0 Å². The first-order valence-electron chi connectivity index (χ1n) is 18.4. The van der Waals surface area contributed by atoms with Crippen LogP contribution >= 0.6 is 0 Å². The lowest BCUT2D eigenvalue weighted by Gasteiger charge is -2.19. The van der Waals surface area contributed by atoms with E-state index in [1.165, 1.54) is 0 Å². The van der Waals surface area contributed by atoms with Crippen molar-refractivity contribution in [3.05, 3.63) is 200 Å². The molecule has 0 fully saturated rings. The van der Waals surface area contributed by atoms with Crippen molar-refractivity contribution < 1.29 is 0 Å². The molecule has 55 heavy (non-hydrogen) atoms. The number of rotatable bonds is 7. The summed E-state index contributed by atoms with van der Waals surface area (Å²) in [4.78, 5) is 20.9. The van der Waals surface area contributed by atoms with Gasteiger partial charge in [0, 0.05) is 33.7 Å². The highest BCUT2D eigenvalue weighted by molar-refractivity contribution is 6.09. The van der Waals surface area contributed by atoms with Crippen LogP contribution in [-0.4, -0.2) is 24.5 Å². The average Bonchev–Trinajstić information content (AvgIpc) is 3.61. The molecule has 5 heteroatoms. The summed E-state index contributed by atoms with van der Waals surface area (Å²) in [5.41, 5.74) is 11.3. The zero-order chi connectivity index (χ0) is 36.6. The van der Waals surface area contributed by atoms with E-state index < -0.39 is 0 Å². The van der Waals surface area contributed by atoms with Crippen LogP contribution in [0.15, 0.2) is 200 Å². The second-order valence-electron chi connectivity index (χ2n) is 13.5. The zero-order valence-electron chi connectivity index (χ0n) is 29.8. The molecule has 10 aromatic rings. The molecular weight excluding hydrogens is 671 g/mol. The van der Waals surface area contributed by atoms with Crippen molar-refractivity contribution in [2.45, 2.75) is 0 Å². The molecule has 0 aliphatic carbocycles. The van der Waals surface area contributed by atoms with Crippen molar-refractivity contribution in [2.24, 2.45) is 0 Å². The first kappa shape index (κ1) is 32.2. The largest absolute Gasteiger partial charge is 0.293 e. The Bertz CT molecular complexity index is 2790. The third-order valence-electron chi connectivity index (χ3n) is 10.1. The van der Waals surface area contributed by atoms with Crippen LogP contribution in [0.3, 0.4) is 0 Å². The summed E-state index contributed by atoms with van der Waals surface area (Å²) >= 11 is 0. The van der Waals surface area contributed by atoms with Crippen molar-refractivity contribution >= 4 is 21.8 Å². The number of aromatic nitrogens is 5. The quantitative estimate of drug-likeness (QED) is 0.166. The third-order valence-corrected chi connectivity index (χ3v) is 10.1. The number of hydrogen-bond acceptors (Lipinski definition) is 4. The maximum Gasteiger partial charge on any atom is 0.167 e. The van der Waals surface area contributed by atoms with Crippen LogP contribution < -0.4 is 0 Å². The van der Waals surface area contributed by atoms with Gasteiger partial charge in [0.2, 0.25) is 0 Å². The summed E-state index contributed by atoms with van der Waals surface area (Å²) in [6, 6.07) is 67.1. The predicted octanol–water partition coefficient (Wildman–Crippen LogP) is 12.4.